The maximum Gasteiger partial charge on any atom is 0.253 e. The van der Waals surface area contributed by atoms with E-state index in [4.69, 9.17) is 0 Å². The van der Waals surface area contributed by atoms with Crippen molar-refractivity contribution < 1.29 is 4.79 Å². The fourth-order valence-corrected chi connectivity index (χ4v) is 2.56. The van der Waals surface area contributed by atoms with Gasteiger partial charge in [0.05, 0.1) is 11.4 Å². The first kappa shape index (κ1) is 15.9. The smallest absolute Gasteiger partial charge is 0.253 e. The normalized spacial score (nSPS) is 10.7. The number of hydrogen-bond acceptors (Lipinski definition) is 4. The molecule has 0 radical (unpaired) electrons. The van der Waals surface area contributed by atoms with Crippen molar-refractivity contribution in [1.82, 2.24) is 19.7 Å². The first-order valence-electron chi connectivity index (χ1n) is 7.70. The van der Waals surface area contributed by atoms with E-state index in [1.54, 1.807) is 10.7 Å². The highest BCUT2D eigenvalue weighted by Gasteiger charge is 2.12. The molecule has 6 nitrogen and oxygen atoms in total. The summed E-state index contributed by atoms with van der Waals surface area (Å²) < 4.78 is 1.68. The van der Waals surface area contributed by atoms with Crippen molar-refractivity contribution in [2.75, 3.05) is 5.32 Å². The SMILES string of the molecule is CC(=O)Nc1cc(-c2cccc(C)c2)nc(-n2nc(C)cc2C)n1. The van der Waals surface area contributed by atoms with E-state index in [1.807, 2.05) is 51.1 Å². The van der Waals surface area contributed by atoms with E-state index in [0.717, 1.165) is 28.2 Å². The van der Waals surface area contributed by atoms with Crippen molar-refractivity contribution in [1.29, 1.82) is 0 Å². The van der Waals surface area contributed by atoms with Crippen LogP contribution in [0.2, 0.25) is 0 Å². The number of nitrogens with one attached hydrogen (secondary N) is 1. The fraction of sp³-hybridized carbons (Fsp3) is 0.222. The molecule has 1 N–H and O–H groups in total. The zero-order chi connectivity index (χ0) is 17.3. The van der Waals surface area contributed by atoms with E-state index in [0.29, 0.717) is 11.8 Å². The van der Waals surface area contributed by atoms with Crippen LogP contribution in [0, 0.1) is 20.8 Å². The first-order chi connectivity index (χ1) is 11.4. The summed E-state index contributed by atoms with van der Waals surface area (Å²) in [6.07, 6.45) is 0. The lowest BCUT2D eigenvalue weighted by Gasteiger charge is -2.10. The van der Waals surface area contributed by atoms with Gasteiger partial charge >= 0.3 is 0 Å². The molecule has 122 valence electrons. The fourth-order valence-electron chi connectivity index (χ4n) is 2.56. The van der Waals surface area contributed by atoms with Gasteiger partial charge in [0.25, 0.3) is 5.95 Å². The summed E-state index contributed by atoms with van der Waals surface area (Å²) in [5.41, 5.74) is 4.66. The monoisotopic (exact) mass is 321 g/mol. The molecule has 6 heteroatoms. The second kappa shape index (κ2) is 6.23. The van der Waals surface area contributed by atoms with Crippen LogP contribution in [-0.4, -0.2) is 25.7 Å². The van der Waals surface area contributed by atoms with E-state index < -0.39 is 0 Å². The van der Waals surface area contributed by atoms with Gasteiger partial charge in [0.1, 0.15) is 5.82 Å². The Labute approximate surface area is 140 Å². The summed E-state index contributed by atoms with van der Waals surface area (Å²) in [4.78, 5) is 20.5. The number of carbonyl (C=O) groups is 1. The second-order valence-corrected chi connectivity index (χ2v) is 5.83. The number of benzene rings is 1. The highest BCUT2D eigenvalue weighted by atomic mass is 16.1. The van der Waals surface area contributed by atoms with Gasteiger partial charge < -0.3 is 5.32 Å². The lowest BCUT2D eigenvalue weighted by atomic mass is 10.1. The molecule has 0 unspecified atom stereocenters. The highest BCUT2D eigenvalue weighted by Crippen LogP contribution is 2.22. The molecule has 0 saturated carbocycles. The maximum absolute atomic E-state index is 11.4. The van der Waals surface area contributed by atoms with E-state index in [2.05, 4.69) is 20.4 Å². The third-order valence-electron chi connectivity index (χ3n) is 3.53. The zero-order valence-corrected chi connectivity index (χ0v) is 14.2. The third-order valence-corrected chi connectivity index (χ3v) is 3.53. The summed E-state index contributed by atoms with van der Waals surface area (Å²) in [6.45, 7) is 7.35. The Bertz CT molecular complexity index is 914. The number of carbonyl (C=O) groups excluding carboxylic acids is 1. The zero-order valence-electron chi connectivity index (χ0n) is 14.2. The minimum absolute atomic E-state index is 0.178. The Hall–Kier alpha value is -3.02. The molecular formula is C18H19N5O. The first-order valence-corrected chi connectivity index (χ1v) is 7.70. The van der Waals surface area contributed by atoms with Gasteiger partial charge in [-0.2, -0.15) is 10.1 Å². The number of amides is 1. The van der Waals surface area contributed by atoms with E-state index >= 15 is 0 Å². The molecule has 2 heterocycles. The van der Waals surface area contributed by atoms with Gasteiger partial charge in [-0.1, -0.05) is 23.8 Å². The lowest BCUT2D eigenvalue weighted by Crippen LogP contribution is -2.12. The second-order valence-electron chi connectivity index (χ2n) is 5.83. The molecule has 0 atom stereocenters. The van der Waals surface area contributed by atoms with E-state index in [9.17, 15) is 4.79 Å². The van der Waals surface area contributed by atoms with Crippen LogP contribution in [0.5, 0.6) is 0 Å². The number of rotatable bonds is 3. The van der Waals surface area contributed by atoms with E-state index in [1.165, 1.54) is 6.92 Å². The van der Waals surface area contributed by atoms with Gasteiger partial charge in [-0.05, 0) is 32.9 Å². The standard InChI is InChI=1S/C18H19N5O/c1-11-6-5-7-15(8-11)16-10-17(19-14(4)24)21-18(20-16)23-13(3)9-12(2)22-23/h5-10H,1-4H3,(H,19,20,21,24). The molecule has 2 aromatic heterocycles. The third kappa shape index (κ3) is 3.32. The molecule has 1 amide bonds. The molecule has 3 aromatic rings. The molecule has 0 aliphatic carbocycles. The predicted octanol–water partition coefficient (Wildman–Crippen LogP) is 3.21. The number of anilines is 1. The highest BCUT2D eigenvalue weighted by molar-refractivity contribution is 5.88. The van der Waals surface area contributed by atoms with Crippen LogP contribution in [0.3, 0.4) is 0 Å². The molecule has 0 aliphatic heterocycles. The van der Waals surface area contributed by atoms with Gasteiger partial charge in [0, 0.05) is 24.2 Å². The summed E-state index contributed by atoms with van der Waals surface area (Å²) in [7, 11) is 0. The molecular weight excluding hydrogens is 302 g/mol. The summed E-state index contributed by atoms with van der Waals surface area (Å²) in [5, 5.41) is 7.17. The minimum Gasteiger partial charge on any atom is -0.311 e. The molecule has 0 fully saturated rings. The van der Waals surface area contributed by atoms with Crippen LogP contribution in [-0.2, 0) is 4.79 Å². The maximum atomic E-state index is 11.4. The van der Waals surface area contributed by atoms with Crippen LogP contribution in [0.15, 0.2) is 36.4 Å². The summed E-state index contributed by atoms with van der Waals surface area (Å²) >= 11 is 0. The average Bonchev–Trinajstić information content (AvgIpc) is 2.85. The number of hydrogen-bond donors (Lipinski definition) is 1. The van der Waals surface area contributed by atoms with Gasteiger partial charge in [0.15, 0.2) is 0 Å². The minimum atomic E-state index is -0.178. The van der Waals surface area contributed by atoms with Crippen LogP contribution < -0.4 is 5.32 Å². The molecule has 3 rings (SSSR count). The Morgan fingerprint density at radius 2 is 1.88 bits per heavy atom. The van der Waals surface area contributed by atoms with E-state index in [-0.39, 0.29) is 5.91 Å². The van der Waals surface area contributed by atoms with Gasteiger partial charge in [0.2, 0.25) is 5.91 Å². The Morgan fingerprint density at radius 1 is 1.08 bits per heavy atom. The van der Waals surface area contributed by atoms with Crippen LogP contribution in [0.25, 0.3) is 17.2 Å². The summed E-state index contributed by atoms with van der Waals surface area (Å²) in [6, 6.07) is 11.8. The molecule has 0 aliphatic rings. The van der Waals surface area contributed by atoms with Gasteiger partial charge in [-0.25, -0.2) is 9.67 Å². The Balaban J connectivity index is 2.17. The van der Waals surface area contributed by atoms with Crippen molar-refractivity contribution in [3.63, 3.8) is 0 Å². The number of aryl methyl sites for hydroxylation is 3. The lowest BCUT2D eigenvalue weighted by molar-refractivity contribution is -0.114. The van der Waals surface area contributed by atoms with Crippen molar-refractivity contribution in [3.05, 3.63) is 53.3 Å². The Kier molecular flexibility index (Phi) is 4.12. The van der Waals surface area contributed by atoms with Crippen molar-refractivity contribution in [3.8, 4) is 17.2 Å². The molecule has 1 aromatic carbocycles. The number of nitrogens with zero attached hydrogens (tertiary/aromatic N) is 4. The van der Waals surface area contributed by atoms with Gasteiger partial charge in [-0.15, -0.1) is 0 Å². The largest absolute Gasteiger partial charge is 0.311 e. The molecule has 0 saturated heterocycles. The van der Waals surface area contributed by atoms with Crippen LogP contribution in [0.1, 0.15) is 23.9 Å². The van der Waals surface area contributed by atoms with Crippen molar-refractivity contribution in [2.24, 2.45) is 0 Å². The van der Waals surface area contributed by atoms with Crippen molar-refractivity contribution >= 4 is 11.7 Å². The van der Waals surface area contributed by atoms with Crippen LogP contribution in [0.4, 0.5) is 5.82 Å². The Morgan fingerprint density at radius 3 is 2.50 bits per heavy atom. The topological polar surface area (TPSA) is 72.7 Å². The molecule has 24 heavy (non-hydrogen) atoms. The molecule has 0 bridgehead atoms. The summed E-state index contributed by atoms with van der Waals surface area (Å²) in [5.74, 6) is 0.711. The predicted molar refractivity (Wildman–Crippen MR) is 93.1 cm³/mol. The molecule has 0 spiro atoms. The van der Waals surface area contributed by atoms with Crippen LogP contribution >= 0.6 is 0 Å². The van der Waals surface area contributed by atoms with Gasteiger partial charge in [-0.3, -0.25) is 4.79 Å². The number of aromatic nitrogens is 4. The van der Waals surface area contributed by atoms with Crippen molar-refractivity contribution in [2.45, 2.75) is 27.7 Å². The quantitative estimate of drug-likeness (QED) is 0.804. The average molecular weight is 321 g/mol.